The zero-order valence-corrected chi connectivity index (χ0v) is 14.8. The molecular formula is C17H17BrN2O4. The van der Waals surface area contributed by atoms with Gasteiger partial charge in [-0.2, -0.15) is 0 Å². The number of carbonyl (C=O) groups is 2. The molecule has 0 unspecified atom stereocenters. The monoisotopic (exact) mass is 392 g/mol. The van der Waals surface area contributed by atoms with Gasteiger partial charge in [0.15, 0.2) is 6.61 Å². The van der Waals surface area contributed by atoms with Gasteiger partial charge in [-0.05, 0) is 42.8 Å². The number of nitrogens with one attached hydrogen (secondary N) is 1. The van der Waals surface area contributed by atoms with Crippen molar-refractivity contribution in [3.05, 3.63) is 52.0 Å². The van der Waals surface area contributed by atoms with Gasteiger partial charge >= 0.3 is 0 Å². The highest BCUT2D eigenvalue weighted by Crippen LogP contribution is 2.25. The summed E-state index contributed by atoms with van der Waals surface area (Å²) in [6, 6.07) is 10.1. The Morgan fingerprint density at radius 3 is 2.58 bits per heavy atom. The predicted octanol–water partition coefficient (Wildman–Crippen LogP) is 2.88. The summed E-state index contributed by atoms with van der Waals surface area (Å²) in [4.78, 5) is 23.5. The van der Waals surface area contributed by atoms with Gasteiger partial charge in [0.1, 0.15) is 11.5 Å². The Kier molecular flexibility index (Phi) is 5.81. The molecule has 24 heavy (non-hydrogen) atoms. The average molecular weight is 393 g/mol. The highest BCUT2D eigenvalue weighted by molar-refractivity contribution is 9.10. The van der Waals surface area contributed by atoms with Crippen LogP contribution in [-0.2, 0) is 4.79 Å². The van der Waals surface area contributed by atoms with E-state index in [9.17, 15) is 9.59 Å². The Balaban J connectivity index is 2.07. The topological polar surface area (TPSA) is 90.7 Å². The van der Waals surface area contributed by atoms with Crippen LogP contribution >= 0.6 is 15.9 Å². The Morgan fingerprint density at radius 1 is 1.21 bits per heavy atom. The number of amides is 2. The number of aryl methyl sites for hydroxylation is 1. The highest BCUT2D eigenvalue weighted by Gasteiger charge is 2.13. The zero-order chi connectivity index (χ0) is 17.7. The smallest absolute Gasteiger partial charge is 0.262 e. The first-order valence-corrected chi connectivity index (χ1v) is 7.86. The summed E-state index contributed by atoms with van der Waals surface area (Å²) >= 11 is 3.37. The molecule has 0 aromatic heterocycles. The number of methoxy groups -OCH3 is 1. The third kappa shape index (κ3) is 4.48. The van der Waals surface area contributed by atoms with Gasteiger partial charge in [-0.15, -0.1) is 0 Å². The quantitative estimate of drug-likeness (QED) is 0.790. The van der Waals surface area contributed by atoms with E-state index in [1.807, 2.05) is 19.1 Å². The van der Waals surface area contributed by atoms with E-state index in [0.29, 0.717) is 11.4 Å². The predicted molar refractivity (Wildman–Crippen MR) is 94.5 cm³/mol. The number of nitrogens with two attached hydrogens (primary N) is 1. The molecule has 126 valence electrons. The molecule has 2 aromatic rings. The first-order valence-electron chi connectivity index (χ1n) is 7.07. The van der Waals surface area contributed by atoms with Gasteiger partial charge < -0.3 is 20.5 Å². The SMILES string of the molecule is COc1ccc(C(N)=O)c(OCC(=O)Nc2ccc(Br)cc2C)c1. The molecule has 0 atom stereocenters. The van der Waals surface area contributed by atoms with E-state index in [0.717, 1.165) is 10.0 Å². The van der Waals surface area contributed by atoms with Crippen molar-refractivity contribution in [2.45, 2.75) is 6.92 Å². The van der Waals surface area contributed by atoms with Crippen LogP contribution in [0, 0.1) is 6.92 Å². The summed E-state index contributed by atoms with van der Waals surface area (Å²) in [5.74, 6) is -0.292. The number of carbonyl (C=O) groups excluding carboxylic acids is 2. The first-order chi connectivity index (χ1) is 11.4. The Labute approximate surface area is 148 Å². The van der Waals surface area contributed by atoms with Crippen molar-refractivity contribution in [3.8, 4) is 11.5 Å². The second kappa shape index (κ2) is 7.83. The molecule has 0 fully saturated rings. The molecule has 3 N–H and O–H groups in total. The number of primary amides is 1. The van der Waals surface area contributed by atoms with Gasteiger partial charge in [-0.3, -0.25) is 9.59 Å². The van der Waals surface area contributed by atoms with Crippen molar-refractivity contribution >= 4 is 33.4 Å². The molecule has 0 saturated carbocycles. The van der Waals surface area contributed by atoms with Gasteiger partial charge in [0.05, 0.1) is 12.7 Å². The van der Waals surface area contributed by atoms with Crippen molar-refractivity contribution < 1.29 is 19.1 Å². The molecule has 0 aliphatic carbocycles. The van der Waals surface area contributed by atoms with Crippen molar-refractivity contribution in [1.29, 1.82) is 0 Å². The fourth-order valence-electron chi connectivity index (χ4n) is 2.05. The van der Waals surface area contributed by atoms with Crippen molar-refractivity contribution in [1.82, 2.24) is 0 Å². The molecule has 2 amide bonds. The third-order valence-corrected chi connectivity index (χ3v) is 3.77. The Morgan fingerprint density at radius 2 is 1.96 bits per heavy atom. The molecule has 2 aromatic carbocycles. The number of hydrogen-bond acceptors (Lipinski definition) is 4. The van der Waals surface area contributed by atoms with E-state index in [-0.39, 0.29) is 23.8 Å². The molecular weight excluding hydrogens is 376 g/mol. The van der Waals surface area contributed by atoms with Crippen molar-refractivity contribution in [2.24, 2.45) is 5.73 Å². The molecule has 0 radical (unpaired) electrons. The summed E-state index contributed by atoms with van der Waals surface area (Å²) in [5.41, 5.74) is 7.09. The molecule has 2 rings (SSSR count). The zero-order valence-electron chi connectivity index (χ0n) is 13.3. The third-order valence-electron chi connectivity index (χ3n) is 3.28. The average Bonchev–Trinajstić information content (AvgIpc) is 2.55. The molecule has 0 spiro atoms. The Hall–Kier alpha value is -2.54. The van der Waals surface area contributed by atoms with Crippen LogP contribution in [-0.4, -0.2) is 25.5 Å². The molecule has 0 saturated heterocycles. The fourth-order valence-corrected chi connectivity index (χ4v) is 2.53. The number of anilines is 1. The van der Waals surface area contributed by atoms with Gasteiger partial charge in [-0.1, -0.05) is 15.9 Å². The van der Waals surface area contributed by atoms with E-state index in [1.165, 1.54) is 19.2 Å². The summed E-state index contributed by atoms with van der Waals surface area (Å²) in [6.45, 7) is 1.62. The van der Waals surface area contributed by atoms with Crippen LogP contribution in [0.15, 0.2) is 40.9 Å². The van der Waals surface area contributed by atoms with Crippen LogP contribution in [0.2, 0.25) is 0 Å². The molecule has 7 heteroatoms. The molecule has 0 aliphatic heterocycles. The number of rotatable bonds is 6. The Bertz CT molecular complexity index is 777. The van der Waals surface area contributed by atoms with Crippen LogP contribution in [0.3, 0.4) is 0 Å². The van der Waals surface area contributed by atoms with Gasteiger partial charge in [-0.25, -0.2) is 0 Å². The highest BCUT2D eigenvalue weighted by atomic mass is 79.9. The fraction of sp³-hybridized carbons (Fsp3) is 0.176. The standard InChI is InChI=1S/C17H17BrN2O4/c1-10-7-11(18)3-6-14(10)20-16(21)9-24-15-8-12(23-2)4-5-13(15)17(19)22/h3-8H,9H2,1-2H3,(H2,19,22)(H,20,21). The minimum absolute atomic E-state index is 0.184. The summed E-state index contributed by atoms with van der Waals surface area (Å²) < 4.78 is 11.4. The normalized spacial score (nSPS) is 10.1. The van der Waals surface area contributed by atoms with Crippen LogP contribution < -0.4 is 20.5 Å². The first kappa shape index (κ1) is 17.8. The molecule has 0 bridgehead atoms. The van der Waals surface area contributed by atoms with Gasteiger partial charge in [0.2, 0.25) is 0 Å². The molecule has 0 heterocycles. The minimum Gasteiger partial charge on any atom is -0.497 e. The van der Waals surface area contributed by atoms with Crippen LogP contribution in [0.25, 0.3) is 0 Å². The minimum atomic E-state index is -0.642. The maximum Gasteiger partial charge on any atom is 0.262 e. The van der Waals surface area contributed by atoms with Gasteiger partial charge in [0, 0.05) is 16.2 Å². The van der Waals surface area contributed by atoms with Gasteiger partial charge in [0.25, 0.3) is 11.8 Å². The maximum atomic E-state index is 12.1. The summed E-state index contributed by atoms with van der Waals surface area (Å²) in [5, 5.41) is 2.75. The number of ether oxygens (including phenoxy) is 2. The summed E-state index contributed by atoms with van der Waals surface area (Å²) in [7, 11) is 1.49. The lowest BCUT2D eigenvalue weighted by atomic mass is 10.2. The number of hydrogen-bond donors (Lipinski definition) is 2. The van der Waals surface area contributed by atoms with Crippen LogP contribution in [0.4, 0.5) is 5.69 Å². The van der Waals surface area contributed by atoms with Crippen LogP contribution in [0.1, 0.15) is 15.9 Å². The lowest BCUT2D eigenvalue weighted by Crippen LogP contribution is -2.22. The second-order valence-corrected chi connectivity index (χ2v) is 5.94. The number of benzene rings is 2. The largest absolute Gasteiger partial charge is 0.497 e. The van der Waals surface area contributed by atoms with E-state index in [1.54, 1.807) is 12.1 Å². The van der Waals surface area contributed by atoms with E-state index in [4.69, 9.17) is 15.2 Å². The maximum absolute atomic E-state index is 12.1. The lowest BCUT2D eigenvalue weighted by molar-refractivity contribution is -0.118. The van der Waals surface area contributed by atoms with E-state index >= 15 is 0 Å². The second-order valence-electron chi connectivity index (χ2n) is 5.02. The van der Waals surface area contributed by atoms with Crippen LogP contribution in [0.5, 0.6) is 11.5 Å². The van der Waals surface area contributed by atoms with E-state index in [2.05, 4.69) is 21.2 Å². The number of halogens is 1. The molecule has 6 nitrogen and oxygen atoms in total. The van der Waals surface area contributed by atoms with Crippen molar-refractivity contribution in [2.75, 3.05) is 19.0 Å². The lowest BCUT2D eigenvalue weighted by Gasteiger charge is -2.12. The van der Waals surface area contributed by atoms with Crippen molar-refractivity contribution in [3.63, 3.8) is 0 Å². The summed E-state index contributed by atoms with van der Waals surface area (Å²) in [6.07, 6.45) is 0. The molecule has 0 aliphatic rings. The van der Waals surface area contributed by atoms with E-state index < -0.39 is 5.91 Å².